The van der Waals surface area contributed by atoms with Crippen molar-refractivity contribution >= 4 is 5.91 Å². The van der Waals surface area contributed by atoms with Gasteiger partial charge in [0, 0.05) is 31.5 Å². The van der Waals surface area contributed by atoms with Crippen molar-refractivity contribution in [1.82, 2.24) is 4.90 Å². The van der Waals surface area contributed by atoms with E-state index in [1.807, 2.05) is 0 Å². The molecule has 3 heteroatoms. The Hall–Kier alpha value is -0.570. The van der Waals surface area contributed by atoms with Crippen molar-refractivity contribution in [3.63, 3.8) is 0 Å². The van der Waals surface area contributed by atoms with Crippen LogP contribution in [0.5, 0.6) is 0 Å². The Bertz CT molecular complexity index is 254. The highest BCUT2D eigenvalue weighted by molar-refractivity contribution is 5.79. The molecule has 3 unspecified atom stereocenters. The fourth-order valence-electron chi connectivity index (χ4n) is 3.19. The van der Waals surface area contributed by atoms with E-state index in [1.54, 1.807) is 0 Å². The van der Waals surface area contributed by atoms with Crippen LogP contribution in [0.1, 0.15) is 45.4 Å². The molecule has 1 aliphatic carbocycles. The van der Waals surface area contributed by atoms with Crippen LogP contribution in [0.15, 0.2) is 0 Å². The van der Waals surface area contributed by atoms with Gasteiger partial charge in [0.1, 0.15) is 0 Å². The molecular weight excluding hydrogens is 202 g/mol. The average molecular weight is 225 g/mol. The van der Waals surface area contributed by atoms with Crippen molar-refractivity contribution in [1.29, 1.82) is 0 Å². The van der Waals surface area contributed by atoms with Crippen LogP contribution < -0.4 is 0 Å². The van der Waals surface area contributed by atoms with Gasteiger partial charge in [-0.2, -0.15) is 0 Å². The number of carbonyl (C=O) groups is 1. The fourth-order valence-corrected chi connectivity index (χ4v) is 3.19. The molecule has 0 aromatic carbocycles. The molecule has 92 valence electrons. The van der Waals surface area contributed by atoms with E-state index in [0.29, 0.717) is 18.4 Å². The molecule has 2 rings (SSSR count). The van der Waals surface area contributed by atoms with Crippen molar-refractivity contribution in [2.75, 3.05) is 13.2 Å². The van der Waals surface area contributed by atoms with E-state index >= 15 is 0 Å². The minimum atomic E-state index is 0.156. The van der Waals surface area contributed by atoms with Gasteiger partial charge in [-0.1, -0.05) is 26.2 Å². The lowest BCUT2D eigenvalue weighted by Gasteiger charge is -2.31. The number of amides is 1. The maximum absolute atomic E-state index is 11.9. The van der Waals surface area contributed by atoms with E-state index in [-0.39, 0.29) is 18.4 Å². The van der Waals surface area contributed by atoms with Gasteiger partial charge < -0.3 is 10.0 Å². The van der Waals surface area contributed by atoms with Crippen LogP contribution in [-0.2, 0) is 4.79 Å². The molecule has 3 atom stereocenters. The van der Waals surface area contributed by atoms with Crippen molar-refractivity contribution in [2.45, 2.75) is 51.5 Å². The minimum Gasteiger partial charge on any atom is -0.396 e. The van der Waals surface area contributed by atoms with Crippen LogP contribution in [0.2, 0.25) is 0 Å². The highest BCUT2D eigenvalue weighted by Crippen LogP contribution is 2.31. The summed E-state index contributed by atoms with van der Waals surface area (Å²) in [7, 11) is 0. The molecule has 1 heterocycles. The number of hydrogen-bond acceptors (Lipinski definition) is 2. The lowest BCUT2D eigenvalue weighted by Crippen LogP contribution is -2.40. The zero-order valence-electron chi connectivity index (χ0n) is 10.2. The molecule has 0 bridgehead atoms. The summed E-state index contributed by atoms with van der Waals surface area (Å²) in [6, 6.07) is 0.437. The van der Waals surface area contributed by atoms with E-state index in [1.165, 1.54) is 25.7 Å². The van der Waals surface area contributed by atoms with E-state index in [9.17, 15) is 4.79 Å². The summed E-state index contributed by atoms with van der Waals surface area (Å²) in [6.45, 7) is 3.21. The summed E-state index contributed by atoms with van der Waals surface area (Å²) >= 11 is 0. The molecule has 16 heavy (non-hydrogen) atoms. The number of aliphatic hydroxyl groups is 1. The van der Waals surface area contributed by atoms with E-state index < -0.39 is 0 Å². The summed E-state index contributed by atoms with van der Waals surface area (Å²) in [5.41, 5.74) is 0. The molecule has 0 radical (unpaired) electrons. The third-order valence-corrected chi connectivity index (χ3v) is 4.21. The Balaban J connectivity index is 2.02. The zero-order valence-corrected chi connectivity index (χ0v) is 10.2. The van der Waals surface area contributed by atoms with E-state index in [0.717, 1.165) is 13.0 Å². The molecule has 3 nitrogen and oxygen atoms in total. The Morgan fingerprint density at radius 1 is 1.31 bits per heavy atom. The normalized spacial score (nSPS) is 36.5. The largest absolute Gasteiger partial charge is 0.396 e. The molecule has 2 aliphatic rings. The molecule has 1 saturated heterocycles. The molecule has 0 aromatic heterocycles. The molecule has 1 N–H and O–H groups in total. The van der Waals surface area contributed by atoms with Gasteiger partial charge >= 0.3 is 0 Å². The number of nitrogens with zero attached hydrogens (tertiary/aromatic N) is 1. The smallest absolute Gasteiger partial charge is 0.223 e. The average Bonchev–Trinajstić information content (AvgIpc) is 2.51. The highest BCUT2D eigenvalue weighted by atomic mass is 16.3. The standard InChI is InChI=1S/C13H23NO2/c1-10-5-3-2-4-6-12(10)14-8-11(9-15)7-13(14)16/h10-12,15H,2-9H2,1H3. The maximum Gasteiger partial charge on any atom is 0.223 e. The third kappa shape index (κ3) is 2.40. The Kier molecular flexibility index (Phi) is 3.85. The first-order valence-corrected chi connectivity index (χ1v) is 6.62. The number of hydrogen-bond donors (Lipinski definition) is 1. The van der Waals surface area contributed by atoms with Crippen LogP contribution >= 0.6 is 0 Å². The summed E-state index contributed by atoms with van der Waals surface area (Å²) in [5.74, 6) is 1.07. The third-order valence-electron chi connectivity index (χ3n) is 4.21. The van der Waals surface area contributed by atoms with Gasteiger partial charge in [-0.15, -0.1) is 0 Å². The van der Waals surface area contributed by atoms with E-state index in [2.05, 4.69) is 11.8 Å². The van der Waals surface area contributed by atoms with Crippen LogP contribution in [0.3, 0.4) is 0 Å². The van der Waals surface area contributed by atoms with Gasteiger partial charge in [0.05, 0.1) is 0 Å². The number of carbonyl (C=O) groups excluding carboxylic acids is 1. The second kappa shape index (κ2) is 5.17. The second-order valence-corrected chi connectivity index (χ2v) is 5.48. The molecule has 0 aromatic rings. The van der Waals surface area contributed by atoms with Gasteiger partial charge in [-0.3, -0.25) is 4.79 Å². The first-order valence-electron chi connectivity index (χ1n) is 6.62. The van der Waals surface area contributed by atoms with Crippen molar-refractivity contribution in [3.05, 3.63) is 0 Å². The summed E-state index contributed by atoms with van der Waals surface area (Å²) < 4.78 is 0. The van der Waals surface area contributed by atoms with Gasteiger partial charge in [-0.05, 0) is 18.8 Å². The molecule has 1 aliphatic heterocycles. The minimum absolute atomic E-state index is 0.156. The Labute approximate surface area is 97.8 Å². The lowest BCUT2D eigenvalue weighted by molar-refractivity contribution is -0.130. The van der Waals surface area contributed by atoms with Crippen molar-refractivity contribution < 1.29 is 9.90 Å². The van der Waals surface area contributed by atoms with Gasteiger partial charge in [0.25, 0.3) is 0 Å². The monoisotopic (exact) mass is 225 g/mol. The molecular formula is C13H23NO2. The first kappa shape index (κ1) is 11.9. The quantitative estimate of drug-likeness (QED) is 0.728. The molecule has 1 amide bonds. The Morgan fingerprint density at radius 2 is 2.06 bits per heavy atom. The maximum atomic E-state index is 11.9. The topological polar surface area (TPSA) is 40.5 Å². The van der Waals surface area contributed by atoms with Crippen LogP contribution in [-0.4, -0.2) is 35.1 Å². The van der Waals surface area contributed by atoms with Gasteiger partial charge in [-0.25, -0.2) is 0 Å². The number of rotatable bonds is 2. The zero-order chi connectivity index (χ0) is 11.5. The van der Waals surface area contributed by atoms with Crippen molar-refractivity contribution in [2.24, 2.45) is 11.8 Å². The molecule has 0 spiro atoms. The SMILES string of the molecule is CC1CCCCCC1N1CC(CO)CC1=O. The highest BCUT2D eigenvalue weighted by Gasteiger charge is 2.36. The lowest BCUT2D eigenvalue weighted by atomic mass is 9.95. The van der Waals surface area contributed by atoms with E-state index in [4.69, 9.17) is 5.11 Å². The predicted octanol–water partition coefficient (Wildman–Crippen LogP) is 1.80. The predicted molar refractivity (Wildman–Crippen MR) is 62.9 cm³/mol. The van der Waals surface area contributed by atoms with Gasteiger partial charge in [0.2, 0.25) is 5.91 Å². The molecule has 2 fully saturated rings. The van der Waals surface area contributed by atoms with Gasteiger partial charge in [0.15, 0.2) is 0 Å². The summed E-state index contributed by atoms with van der Waals surface area (Å²) in [6.07, 6.45) is 6.83. The summed E-state index contributed by atoms with van der Waals surface area (Å²) in [5, 5.41) is 9.14. The van der Waals surface area contributed by atoms with Crippen LogP contribution in [0.4, 0.5) is 0 Å². The first-order chi connectivity index (χ1) is 7.72. The summed E-state index contributed by atoms with van der Waals surface area (Å²) in [4.78, 5) is 14.0. The second-order valence-electron chi connectivity index (χ2n) is 5.48. The van der Waals surface area contributed by atoms with Crippen molar-refractivity contribution in [3.8, 4) is 0 Å². The number of aliphatic hydroxyl groups excluding tert-OH is 1. The molecule has 1 saturated carbocycles. The van der Waals surface area contributed by atoms with Crippen LogP contribution in [0, 0.1) is 11.8 Å². The van der Waals surface area contributed by atoms with Crippen LogP contribution in [0.25, 0.3) is 0 Å². The fraction of sp³-hybridized carbons (Fsp3) is 0.923. The Morgan fingerprint density at radius 3 is 2.75 bits per heavy atom. The number of likely N-dealkylation sites (tertiary alicyclic amines) is 1.